The summed E-state index contributed by atoms with van der Waals surface area (Å²) in [6.45, 7) is 0. The summed E-state index contributed by atoms with van der Waals surface area (Å²) in [6, 6.07) is 5.82. The molecule has 16 heavy (non-hydrogen) atoms. The van der Waals surface area contributed by atoms with E-state index in [1.54, 1.807) is 23.1 Å². The van der Waals surface area contributed by atoms with Gasteiger partial charge in [-0.3, -0.25) is 0 Å². The van der Waals surface area contributed by atoms with E-state index in [0.717, 1.165) is 20.2 Å². The molecule has 0 spiro atoms. The zero-order valence-corrected chi connectivity index (χ0v) is 11.0. The highest BCUT2D eigenvalue weighted by Gasteiger charge is 2.03. The summed E-state index contributed by atoms with van der Waals surface area (Å²) in [6.07, 6.45) is 2.02. The second-order valence-electron chi connectivity index (χ2n) is 3.07. The van der Waals surface area contributed by atoms with Gasteiger partial charge in [-0.25, -0.2) is 9.98 Å². The summed E-state index contributed by atoms with van der Waals surface area (Å²) in [5, 5.41) is 0. The number of alkyl halides is 1. The lowest BCUT2D eigenvalue weighted by molar-refractivity contribution is 1.31. The molecule has 84 valence electrons. The Kier molecular flexibility index (Phi) is 3.68. The molecular formula is C10H10ClN3S2. The summed E-state index contributed by atoms with van der Waals surface area (Å²) in [5.41, 5.74) is 7.40. The third kappa shape index (κ3) is 2.48. The maximum absolute atomic E-state index is 5.58. The molecule has 0 aliphatic heterocycles. The molecule has 1 heterocycles. The highest BCUT2D eigenvalue weighted by Crippen LogP contribution is 2.30. The van der Waals surface area contributed by atoms with Crippen LogP contribution in [0.1, 0.15) is 0 Å². The van der Waals surface area contributed by atoms with Gasteiger partial charge in [0.2, 0.25) is 0 Å². The molecule has 3 nitrogen and oxygen atoms in total. The number of benzene rings is 1. The molecule has 0 aliphatic rings. The van der Waals surface area contributed by atoms with Gasteiger partial charge in [0.1, 0.15) is 5.84 Å². The van der Waals surface area contributed by atoms with Crippen molar-refractivity contribution in [3.8, 4) is 0 Å². The predicted molar refractivity (Wildman–Crippen MR) is 73.4 cm³/mol. The monoisotopic (exact) mass is 271 g/mol. The fourth-order valence-electron chi connectivity index (χ4n) is 1.24. The van der Waals surface area contributed by atoms with Gasteiger partial charge < -0.3 is 5.73 Å². The van der Waals surface area contributed by atoms with Gasteiger partial charge in [-0.05, 0) is 24.5 Å². The first-order chi connectivity index (χ1) is 7.72. The summed E-state index contributed by atoms with van der Waals surface area (Å²) in [7, 11) is 0. The van der Waals surface area contributed by atoms with Crippen molar-refractivity contribution in [2.75, 3.05) is 12.1 Å². The summed E-state index contributed by atoms with van der Waals surface area (Å²) in [5.74, 6) is 0.673. The van der Waals surface area contributed by atoms with Gasteiger partial charge in [0.25, 0.3) is 0 Å². The number of hydrogen-bond acceptors (Lipinski definition) is 4. The van der Waals surface area contributed by atoms with Crippen LogP contribution in [0.25, 0.3) is 10.2 Å². The topological polar surface area (TPSA) is 51.3 Å². The smallest absolute Gasteiger partial charge is 0.150 e. The minimum atomic E-state index is 0.247. The van der Waals surface area contributed by atoms with Crippen LogP contribution in [0, 0.1) is 0 Å². The average Bonchev–Trinajstić information content (AvgIpc) is 2.71. The molecule has 0 fully saturated rings. The van der Waals surface area contributed by atoms with E-state index in [9.17, 15) is 0 Å². The fraction of sp³-hybridized carbons (Fsp3) is 0.200. The number of aliphatic imine (C=N–C) groups is 1. The Morgan fingerprint density at radius 1 is 1.62 bits per heavy atom. The second kappa shape index (κ2) is 5.03. The molecule has 0 aliphatic carbocycles. The molecule has 0 amide bonds. The fourth-order valence-corrected chi connectivity index (χ4v) is 2.83. The van der Waals surface area contributed by atoms with Gasteiger partial charge in [0, 0.05) is 0 Å². The highest BCUT2D eigenvalue weighted by molar-refractivity contribution is 8.00. The number of aromatic nitrogens is 1. The van der Waals surface area contributed by atoms with Crippen LogP contribution in [0.5, 0.6) is 0 Å². The van der Waals surface area contributed by atoms with Crippen molar-refractivity contribution in [2.45, 2.75) is 4.34 Å². The van der Waals surface area contributed by atoms with Crippen LogP contribution in [0.4, 0.5) is 5.69 Å². The number of fused-ring (bicyclic) bond motifs is 1. The number of thiazole rings is 1. The quantitative estimate of drug-likeness (QED) is 0.404. The number of halogens is 1. The Morgan fingerprint density at radius 2 is 2.44 bits per heavy atom. The average molecular weight is 272 g/mol. The van der Waals surface area contributed by atoms with Crippen molar-refractivity contribution in [1.29, 1.82) is 0 Å². The molecule has 2 N–H and O–H groups in total. The van der Waals surface area contributed by atoms with Crippen molar-refractivity contribution in [1.82, 2.24) is 4.98 Å². The van der Waals surface area contributed by atoms with Gasteiger partial charge in [-0.2, -0.15) is 0 Å². The highest BCUT2D eigenvalue weighted by atomic mass is 35.5. The normalized spacial score (nSPS) is 12.2. The van der Waals surface area contributed by atoms with Crippen molar-refractivity contribution < 1.29 is 0 Å². The number of rotatable bonds is 3. The van der Waals surface area contributed by atoms with E-state index < -0.39 is 0 Å². The third-order valence-electron chi connectivity index (χ3n) is 1.94. The first-order valence-corrected chi connectivity index (χ1v) is 7.14. The molecular weight excluding hydrogens is 262 g/mol. The maximum atomic E-state index is 5.58. The minimum Gasteiger partial charge on any atom is -0.386 e. The van der Waals surface area contributed by atoms with E-state index in [0.29, 0.717) is 5.84 Å². The Morgan fingerprint density at radius 3 is 3.12 bits per heavy atom. The third-order valence-corrected chi connectivity index (χ3v) is 4.21. The van der Waals surface area contributed by atoms with Gasteiger partial charge in [0.15, 0.2) is 4.34 Å². The number of thioether (sulfide) groups is 1. The molecule has 2 aromatic rings. The van der Waals surface area contributed by atoms with Crippen molar-refractivity contribution in [3.05, 3.63) is 18.2 Å². The van der Waals surface area contributed by atoms with E-state index in [1.165, 1.54) is 0 Å². The Hall–Kier alpha value is -0.780. The zero-order chi connectivity index (χ0) is 11.5. The minimum absolute atomic E-state index is 0.247. The lowest BCUT2D eigenvalue weighted by Gasteiger charge is -1.95. The molecule has 1 aromatic carbocycles. The summed E-state index contributed by atoms with van der Waals surface area (Å²) >= 11 is 8.88. The molecule has 0 saturated heterocycles. The van der Waals surface area contributed by atoms with Crippen LogP contribution in [-0.4, -0.2) is 23.0 Å². The van der Waals surface area contributed by atoms with E-state index in [2.05, 4.69) is 9.98 Å². The van der Waals surface area contributed by atoms with Crippen LogP contribution in [0.3, 0.4) is 0 Å². The van der Waals surface area contributed by atoms with E-state index >= 15 is 0 Å². The molecule has 1 aromatic heterocycles. The molecule has 0 atom stereocenters. The first-order valence-electron chi connectivity index (χ1n) is 4.56. The zero-order valence-electron chi connectivity index (χ0n) is 8.61. The van der Waals surface area contributed by atoms with E-state index in [4.69, 9.17) is 17.3 Å². The molecule has 0 saturated carbocycles. The molecule has 0 radical (unpaired) electrons. The van der Waals surface area contributed by atoms with Crippen LogP contribution in [-0.2, 0) is 0 Å². The largest absolute Gasteiger partial charge is 0.386 e. The molecule has 0 bridgehead atoms. The van der Waals surface area contributed by atoms with Crippen molar-refractivity contribution in [3.63, 3.8) is 0 Å². The van der Waals surface area contributed by atoms with Crippen molar-refractivity contribution >= 4 is 56.4 Å². The lowest BCUT2D eigenvalue weighted by Crippen LogP contribution is -2.12. The summed E-state index contributed by atoms with van der Waals surface area (Å²) < 4.78 is 2.18. The maximum Gasteiger partial charge on any atom is 0.150 e. The van der Waals surface area contributed by atoms with Crippen LogP contribution in [0.15, 0.2) is 27.5 Å². The molecule has 2 rings (SSSR count). The first kappa shape index (κ1) is 11.7. The standard InChI is InChI=1S/C10H10ClN3S2/c1-15-10-14-7-3-2-6(4-8(7)16-10)13-9(12)5-11/h2-4H,5H2,1H3,(H2,12,13). The van der Waals surface area contributed by atoms with Crippen LogP contribution < -0.4 is 5.73 Å². The van der Waals surface area contributed by atoms with Crippen LogP contribution >= 0.6 is 34.7 Å². The van der Waals surface area contributed by atoms with Gasteiger partial charge in [-0.15, -0.1) is 22.9 Å². The number of nitrogens with zero attached hydrogens (tertiary/aromatic N) is 2. The SMILES string of the molecule is CSc1nc2ccc(N=C(N)CCl)cc2s1. The van der Waals surface area contributed by atoms with Crippen molar-refractivity contribution in [2.24, 2.45) is 10.7 Å². The van der Waals surface area contributed by atoms with Gasteiger partial charge in [0.05, 0.1) is 21.8 Å². The lowest BCUT2D eigenvalue weighted by atomic mass is 10.3. The predicted octanol–water partition coefficient (Wildman–Crippen LogP) is 3.25. The van der Waals surface area contributed by atoms with Gasteiger partial charge in [-0.1, -0.05) is 11.8 Å². The molecule has 0 unspecified atom stereocenters. The summed E-state index contributed by atoms with van der Waals surface area (Å²) in [4.78, 5) is 8.64. The Bertz CT molecular complexity index is 536. The number of nitrogens with two attached hydrogens (primary N) is 1. The number of hydrogen-bond donors (Lipinski definition) is 1. The molecule has 6 heteroatoms. The van der Waals surface area contributed by atoms with E-state index in [1.807, 2.05) is 24.5 Å². The van der Waals surface area contributed by atoms with Crippen LogP contribution in [0.2, 0.25) is 0 Å². The Labute approximate surface area is 107 Å². The number of amidine groups is 1. The van der Waals surface area contributed by atoms with Gasteiger partial charge >= 0.3 is 0 Å². The Balaban J connectivity index is 2.43. The second-order valence-corrected chi connectivity index (χ2v) is 5.42. The van der Waals surface area contributed by atoms with E-state index in [-0.39, 0.29) is 5.88 Å².